The first-order valence-corrected chi connectivity index (χ1v) is 7.90. The van der Waals surface area contributed by atoms with E-state index >= 15 is 0 Å². The summed E-state index contributed by atoms with van der Waals surface area (Å²) in [6, 6.07) is 5.98. The van der Waals surface area contributed by atoms with Crippen LogP contribution in [0.5, 0.6) is 0 Å². The maximum Gasteiger partial charge on any atom is 0.127 e. The molecule has 112 valence electrons. The van der Waals surface area contributed by atoms with Crippen molar-refractivity contribution in [2.75, 3.05) is 19.6 Å². The fraction of sp³-hybridized carbons (Fsp3) is 0.647. The van der Waals surface area contributed by atoms with Gasteiger partial charge >= 0.3 is 0 Å². The van der Waals surface area contributed by atoms with Gasteiger partial charge in [-0.15, -0.1) is 0 Å². The lowest BCUT2D eigenvalue weighted by Gasteiger charge is -2.30. The quantitative estimate of drug-likeness (QED) is 0.857. The Morgan fingerprint density at radius 2 is 2.20 bits per heavy atom. The number of piperidine rings is 1. The van der Waals surface area contributed by atoms with Gasteiger partial charge in [0, 0.05) is 24.7 Å². The predicted octanol–water partition coefficient (Wildman–Crippen LogP) is 3.49. The molecule has 1 aliphatic rings. The Morgan fingerprint density at radius 1 is 1.35 bits per heavy atom. The van der Waals surface area contributed by atoms with Crippen molar-refractivity contribution in [1.82, 2.24) is 10.2 Å². The molecule has 1 N–H and O–H groups in total. The Kier molecular flexibility index (Phi) is 5.99. The van der Waals surface area contributed by atoms with Gasteiger partial charge in [0.25, 0.3) is 0 Å². The highest BCUT2D eigenvalue weighted by Crippen LogP contribution is 2.15. The Morgan fingerprint density at radius 3 is 2.90 bits per heavy atom. The molecule has 2 rings (SSSR count). The van der Waals surface area contributed by atoms with Gasteiger partial charge in [0.1, 0.15) is 5.82 Å². The minimum absolute atomic E-state index is 0.0756. The molecule has 0 spiro atoms. The lowest BCUT2D eigenvalue weighted by atomic mass is 10.0. The molecule has 1 saturated heterocycles. The van der Waals surface area contributed by atoms with Crippen molar-refractivity contribution in [3.63, 3.8) is 0 Å². The second kappa shape index (κ2) is 7.75. The van der Waals surface area contributed by atoms with Crippen LogP contribution < -0.4 is 5.32 Å². The van der Waals surface area contributed by atoms with E-state index in [1.807, 2.05) is 19.1 Å². The molecule has 1 aromatic rings. The smallest absolute Gasteiger partial charge is 0.127 e. The van der Waals surface area contributed by atoms with Gasteiger partial charge in [-0.05, 0) is 45.3 Å². The van der Waals surface area contributed by atoms with Crippen LogP contribution in [0.3, 0.4) is 0 Å². The maximum atomic E-state index is 13.9. The maximum absolute atomic E-state index is 13.9. The molecule has 1 heterocycles. The molecule has 1 aliphatic heterocycles. The highest BCUT2D eigenvalue weighted by molar-refractivity contribution is 5.24. The summed E-state index contributed by atoms with van der Waals surface area (Å²) >= 11 is 0. The highest BCUT2D eigenvalue weighted by atomic mass is 19.1. The molecule has 1 atom stereocenters. The fourth-order valence-corrected chi connectivity index (χ4v) is 3.01. The average Bonchev–Trinajstić information content (AvgIpc) is 2.44. The summed E-state index contributed by atoms with van der Waals surface area (Å²) < 4.78 is 13.9. The van der Waals surface area contributed by atoms with Gasteiger partial charge in [-0.3, -0.25) is 4.90 Å². The van der Waals surface area contributed by atoms with Crippen LogP contribution in [-0.4, -0.2) is 30.6 Å². The summed E-state index contributed by atoms with van der Waals surface area (Å²) in [7, 11) is 0. The molecule has 0 aromatic heterocycles. The van der Waals surface area contributed by atoms with E-state index in [1.54, 1.807) is 6.07 Å². The second-order valence-corrected chi connectivity index (χ2v) is 5.98. The molecule has 1 aromatic carbocycles. The molecule has 2 nitrogen and oxygen atoms in total. The SMILES string of the molecule is CCCN(Cc1cc(C)ccc1F)CC1CCCCN1. The first-order chi connectivity index (χ1) is 9.69. The van der Waals surface area contributed by atoms with Gasteiger partial charge in [0.15, 0.2) is 0 Å². The van der Waals surface area contributed by atoms with Gasteiger partial charge in [-0.25, -0.2) is 4.39 Å². The molecule has 0 bridgehead atoms. The van der Waals surface area contributed by atoms with Crippen molar-refractivity contribution in [2.24, 2.45) is 0 Å². The standard InChI is InChI=1S/C17H27FN2/c1-3-10-20(13-16-6-4-5-9-19-16)12-15-11-14(2)7-8-17(15)18/h7-8,11,16,19H,3-6,9-10,12-13H2,1-2H3. The lowest BCUT2D eigenvalue weighted by Crippen LogP contribution is -2.43. The fourth-order valence-electron chi connectivity index (χ4n) is 3.01. The van der Waals surface area contributed by atoms with Crippen LogP contribution in [0.1, 0.15) is 43.7 Å². The van der Waals surface area contributed by atoms with Gasteiger partial charge in [-0.1, -0.05) is 31.0 Å². The zero-order valence-electron chi connectivity index (χ0n) is 12.8. The number of rotatable bonds is 6. The zero-order chi connectivity index (χ0) is 14.4. The Balaban J connectivity index is 1.98. The monoisotopic (exact) mass is 278 g/mol. The van der Waals surface area contributed by atoms with Gasteiger partial charge in [0.05, 0.1) is 0 Å². The van der Waals surface area contributed by atoms with Crippen molar-refractivity contribution in [3.8, 4) is 0 Å². The third-order valence-electron chi connectivity index (χ3n) is 4.03. The molecule has 20 heavy (non-hydrogen) atoms. The van der Waals surface area contributed by atoms with Crippen molar-refractivity contribution < 1.29 is 4.39 Å². The Bertz CT molecular complexity index is 413. The third kappa shape index (κ3) is 4.57. The molecular weight excluding hydrogens is 251 g/mol. The molecule has 0 radical (unpaired) electrons. The van der Waals surface area contributed by atoms with Crippen molar-refractivity contribution >= 4 is 0 Å². The molecular formula is C17H27FN2. The van der Waals surface area contributed by atoms with Crippen LogP contribution in [0.15, 0.2) is 18.2 Å². The number of aryl methyl sites for hydroxylation is 1. The van der Waals surface area contributed by atoms with E-state index in [4.69, 9.17) is 0 Å². The Hall–Kier alpha value is -0.930. The van der Waals surface area contributed by atoms with Crippen LogP contribution in [-0.2, 0) is 6.54 Å². The number of hydrogen-bond acceptors (Lipinski definition) is 2. The normalized spacial score (nSPS) is 19.5. The van der Waals surface area contributed by atoms with E-state index in [2.05, 4.69) is 17.1 Å². The van der Waals surface area contributed by atoms with Gasteiger partial charge < -0.3 is 5.32 Å². The number of hydrogen-bond donors (Lipinski definition) is 1. The minimum Gasteiger partial charge on any atom is -0.313 e. The number of benzene rings is 1. The molecule has 0 aliphatic carbocycles. The third-order valence-corrected chi connectivity index (χ3v) is 4.03. The van der Waals surface area contributed by atoms with Crippen molar-refractivity contribution in [3.05, 3.63) is 35.1 Å². The summed E-state index contributed by atoms with van der Waals surface area (Å²) in [5.41, 5.74) is 1.96. The summed E-state index contributed by atoms with van der Waals surface area (Å²) in [4.78, 5) is 2.39. The van der Waals surface area contributed by atoms with Crippen LogP contribution >= 0.6 is 0 Å². The van der Waals surface area contributed by atoms with Crippen LogP contribution in [0.25, 0.3) is 0 Å². The second-order valence-electron chi connectivity index (χ2n) is 5.98. The molecule has 3 heteroatoms. The van der Waals surface area contributed by atoms with Gasteiger partial charge in [0.2, 0.25) is 0 Å². The molecule has 0 saturated carbocycles. The van der Waals surface area contributed by atoms with Crippen LogP contribution in [0.4, 0.5) is 4.39 Å². The van der Waals surface area contributed by atoms with E-state index < -0.39 is 0 Å². The lowest BCUT2D eigenvalue weighted by molar-refractivity contribution is 0.215. The number of nitrogens with zero attached hydrogens (tertiary/aromatic N) is 1. The highest BCUT2D eigenvalue weighted by Gasteiger charge is 2.17. The average molecular weight is 278 g/mol. The van der Waals surface area contributed by atoms with E-state index in [0.717, 1.165) is 43.7 Å². The molecule has 1 fully saturated rings. The topological polar surface area (TPSA) is 15.3 Å². The van der Waals surface area contributed by atoms with Gasteiger partial charge in [-0.2, -0.15) is 0 Å². The van der Waals surface area contributed by atoms with E-state index in [-0.39, 0.29) is 5.82 Å². The number of halogens is 1. The first kappa shape index (κ1) is 15.5. The van der Waals surface area contributed by atoms with E-state index in [1.165, 1.54) is 19.3 Å². The summed E-state index contributed by atoms with van der Waals surface area (Å²) in [5.74, 6) is -0.0756. The molecule has 0 amide bonds. The molecule has 1 unspecified atom stereocenters. The van der Waals surface area contributed by atoms with E-state index in [9.17, 15) is 4.39 Å². The van der Waals surface area contributed by atoms with Crippen LogP contribution in [0.2, 0.25) is 0 Å². The van der Waals surface area contributed by atoms with Crippen LogP contribution in [0, 0.1) is 12.7 Å². The Labute approximate surface area is 122 Å². The minimum atomic E-state index is -0.0756. The first-order valence-electron chi connectivity index (χ1n) is 7.90. The summed E-state index contributed by atoms with van der Waals surface area (Å²) in [5, 5.41) is 3.58. The summed E-state index contributed by atoms with van der Waals surface area (Å²) in [6.07, 6.45) is 4.96. The number of nitrogens with one attached hydrogen (secondary N) is 1. The van der Waals surface area contributed by atoms with E-state index in [0.29, 0.717) is 6.04 Å². The predicted molar refractivity (Wildman–Crippen MR) is 82.3 cm³/mol. The van der Waals surface area contributed by atoms with Crippen molar-refractivity contribution in [1.29, 1.82) is 0 Å². The largest absolute Gasteiger partial charge is 0.313 e. The van der Waals surface area contributed by atoms with Crippen molar-refractivity contribution in [2.45, 2.75) is 52.1 Å². The summed E-state index contributed by atoms with van der Waals surface area (Å²) in [6.45, 7) is 8.12. The zero-order valence-corrected chi connectivity index (χ0v) is 12.8.